The van der Waals surface area contributed by atoms with Crippen molar-refractivity contribution in [3.63, 3.8) is 0 Å². The number of ether oxygens (including phenoxy) is 1. The third kappa shape index (κ3) is 3.53. The zero-order chi connectivity index (χ0) is 16.5. The first kappa shape index (κ1) is 18.3. The van der Waals surface area contributed by atoms with Crippen molar-refractivity contribution in [2.75, 3.05) is 7.11 Å². The summed E-state index contributed by atoms with van der Waals surface area (Å²) in [5.74, 6) is 2.81. The van der Waals surface area contributed by atoms with Gasteiger partial charge in [0.1, 0.15) is 0 Å². The maximum Gasteiger partial charge on any atom is 0.0622 e. The Morgan fingerprint density at radius 3 is 2.55 bits per heavy atom. The summed E-state index contributed by atoms with van der Waals surface area (Å²) in [6.45, 7) is 11.7. The molecule has 130 valence electrons. The number of aliphatic hydroxyl groups excluding tert-OH is 1. The molecule has 2 nitrogen and oxygen atoms in total. The van der Waals surface area contributed by atoms with E-state index in [1.165, 1.54) is 32.1 Å². The van der Waals surface area contributed by atoms with Gasteiger partial charge in [-0.25, -0.2) is 0 Å². The Labute approximate surface area is 138 Å². The first-order chi connectivity index (χ1) is 10.2. The van der Waals surface area contributed by atoms with Crippen molar-refractivity contribution >= 4 is 0 Å². The normalized spacial score (nSPS) is 38.6. The fourth-order valence-corrected chi connectivity index (χ4v) is 5.39. The van der Waals surface area contributed by atoms with Crippen LogP contribution in [-0.4, -0.2) is 23.9 Å². The number of aliphatic hydroxyl groups is 1. The van der Waals surface area contributed by atoms with Crippen molar-refractivity contribution in [3.8, 4) is 0 Å². The van der Waals surface area contributed by atoms with Gasteiger partial charge in [0.2, 0.25) is 0 Å². The smallest absolute Gasteiger partial charge is 0.0622 e. The van der Waals surface area contributed by atoms with Crippen molar-refractivity contribution < 1.29 is 9.84 Å². The molecule has 2 fully saturated rings. The van der Waals surface area contributed by atoms with Gasteiger partial charge < -0.3 is 9.84 Å². The second-order valence-corrected chi connectivity index (χ2v) is 9.09. The molecule has 0 bridgehead atoms. The molecule has 2 rings (SSSR count). The molecule has 6 atom stereocenters. The molecule has 22 heavy (non-hydrogen) atoms. The molecule has 3 unspecified atom stereocenters. The lowest BCUT2D eigenvalue weighted by atomic mass is 9.60. The molecular weight excluding hydrogens is 272 g/mol. The molecule has 2 heteroatoms. The summed E-state index contributed by atoms with van der Waals surface area (Å²) in [7, 11) is 1.82. The molecular formula is C20H38O2. The largest absolute Gasteiger partial charge is 0.393 e. The zero-order valence-electron chi connectivity index (χ0n) is 15.7. The number of rotatable bonds is 6. The number of fused-ring (bicyclic) bond motifs is 1. The molecule has 0 aliphatic heterocycles. The fourth-order valence-electron chi connectivity index (χ4n) is 5.39. The van der Waals surface area contributed by atoms with Gasteiger partial charge in [-0.3, -0.25) is 0 Å². The van der Waals surface area contributed by atoms with E-state index in [0.717, 1.165) is 30.6 Å². The molecule has 2 aliphatic rings. The van der Waals surface area contributed by atoms with E-state index < -0.39 is 0 Å². The number of hydrogen-bond donors (Lipinski definition) is 1. The van der Waals surface area contributed by atoms with E-state index in [0.29, 0.717) is 11.3 Å². The molecule has 0 aromatic carbocycles. The average Bonchev–Trinajstić information content (AvgIpc) is 2.82. The van der Waals surface area contributed by atoms with Crippen molar-refractivity contribution in [3.05, 3.63) is 0 Å². The Hall–Kier alpha value is -0.0800. The summed E-state index contributed by atoms with van der Waals surface area (Å²) in [5, 5.41) is 10.4. The van der Waals surface area contributed by atoms with Crippen LogP contribution in [-0.2, 0) is 4.74 Å². The second-order valence-electron chi connectivity index (χ2n) is 9.09. The van der Waals surface area contributed by atoms with Crippen LogP contribution in [0.25, 0.3) is 0 Å². The maximum absolute atomic E-state index is 10.4. The summed E-state index contributed by atoms with van der Waals surface area (Å²) >= 11 is 0. The van der Waals surface area contributed by atoms with E-state index in [-0.39, 0.29) is 11.7 Å². The Kier molecular flexibility index (Phi) is 5.65. The third-order valence-corrected chi connectivity index (χ3v) is 7.45. The number of hydrogen-bond acceptors (Lipinski definition) is 2. The van der Waals surface area contributed by atoms with Crippen LogP contribution in [0.4, 0.5) is 0 Å². The van der Waals surface area contributed by atoms with Gasteiger partial charge in [0.05, 0.1) is 11.7 Å². The number of methoxy groups -OCH3 is 1. The Bertz CT molecular complexity index is 365. The van der Waals surface area contributed by atoms with Gasteiger partial charge in [-0.15, -0.1) is 0 Å². The maximum atomic E-state index is 10.4. The molecule has 2 aliphatic carbocycles. The van der Waals surface area contributed by atoms with Crippen LogP contribution in [0.15, 0.2) is 0 Å². The minimum Gasteiger partial charge on any atom is -0.393 e. The van der Waals surface area contributed by atoms with Gasteiger partial charge >= 0.3 is 0 Å². The summed E-state index contributed by atoms with van der Waals surface area (Å²) in [6, 6.07) is 0. The zero-order valence-corrected chi connectivity index (χ0v) is 15.7. The predicted molar refractivity (Wildman–Crippen MR) is 92.8 cm³/mol. The van der Waals surface area contributed by atoms with Crippen LogP contribution >= 0.6 is 0 Å². The monoisotopic (exact) mass is 310 g/mol. The fraction of sp³-hybridized carbons (Fsp3) is 1.00. The Morgan fingerprint density at radius 1 is 1.23 bits per heavy atom. The quantitative estimate of drug-likeness (QED) is 0.744. The molecule has 0 aromatic rings. The molecule has 0 aromatic heterocycles. The summed E-state index contributed by atoms with van der Waals surface area (Å²) < 4.78 is 5.58. The molecule has 0 spiro atoms. The first-order valence-electron chi connectivity index (χ1n) is 9.44. The molecule has 0 heterocycles. The highest BCUT2D eigenvalue weighted by atomic mass is 16.5. The van der Waals surface area contributed by atoms with Crippen molar-refractivity contribution in [2.45, 2.75) is 91.3 Å². The van der Waals surface area contributed by atoms with E-state index >= 15 is 0 Å². The van der Waals surface area contributed by atoms with Gasteiger partial charge in [-0.05, 0) is 81.5 Å². The minimum atomic E-state index is -0.0429. The van der Waals surface area contributed by atoms with Crippen LogP contribution in [0.2, 0.25) is 0 Å². The summed E-state index contributed by atoms with van der Waals surface area (Å²) in [6.07, 6.45) is 8.44. The van der Waals surface area contributed by atoms with Crippen molar-refractivity contribution in [1.29, 1.82) is 0 Å². The first-order valence-corrected chi connectivity index (χ1v) is 9.44. The molecule has 2 saturated carbocycles. The van der Waals surface area contributed by atoms with Gasteiger partial charge in [-0.1, -0.05) is 27.2 Å². The van der Waals surface area contributed by atoms with Crippen molar-refractivity contribution in [1.82, 2.24) is 0 Å². The SMILES string of the molecule is COC(C)(C)CC[C@H](C)[C@H](C)C1CCC2C(O)CCC[C@@]21C. The van der Waals surface area contributed by atoms with Gasteiger partial charge in [-0.2, -0.15) is 0 Å². The van der Waals surface area contributed by atoms with Crippen LogP contribution in [0, 0.1) is 29.1 Å². The standard InChI is InChI=1S/C20H38O2/c1-14(11-13-19(3,4)22-6)15(2)16-9-10-17-18(21)8-7-12-20(16,17)5/h14-18,21H,7-13H2,1-6H3/t14-,15-,16?,17?,18?,20+/m0/s1. The van der Waals surface area contributed by atoms with Crippen LogP contribution in [0.5, 0.6) is 0 Å². The predicted octanol–water partition coefficient (Wildman–Crippen LogP) is 5.04. The molecule has 0 radical (unpaired) electrons. The Balaban J connectivity index is 1.98. The second kappa shape index (κ2) is 6.81. The van der Waals surface area contributed by atoms with Gasteiger partial charge in [0.15, 0.2) is 0 Å². The van der Waals surface area contributed by atoms with E-state index in [4.69, 9.17) is 4.74 Å². The van der Waals surface area contributed by atoms with Crippen LogP contribution < -0.4 is 0 Å². The van der Waals surface area contributed by atoms with Crippen LogP contribution in [0.3, 0.4) is 0 Å². The average molecular weight is 311 g/mol. The molecule has 0 amide bonds. The van der Waals surface area contributed by atoms with Gasteiger partial charge in [0.25, 0.3) is 0 Å². The Morgan fingerprint density at radius 2 is 1.91 bits per heavy atom. The topological polar surface area (TPSA) is 29.5 Å². The van der Waals surface area contributed by atoms with E-state index in [1.54, 1.807) is 0 Å². The third-order valence-electron chi connectivity index (χ3n) is 7.45. The lowest BCUT2D eigenvalue weighted by Gasteiger charge is -2.46. The summed E-state index contributed by atoms with van der Waals surface area (Å²) in [4.78, 5) is 0. The van der Waals surface area contributed by atoms with E-state index in [2.05, 4.69) is 34.6 Å². The molecule has 0 saturated heterocycles. The van der Waals surface area contributed by atoms with Crippen molar-refractivity contribution in [2.24, 2.45) is 29.1 Å². The highest BCUT2D eigenvalue weighted by molar-refractivity contribution is 5.02. The minimum absolute atomic E-state index is 0.00285. The highest BCUT2D eigenvalue weighted by Gasteiger charge is 2.52. The summed E-state index contributed by atoms with van der Waals surface area (Å²) in [5.41, 5.74) is 0.374. The lowest BCUT2D eigenvalue weighted by Crippen LogP contribution is -2.42. The van der Waals surface area contributed by atoms with Gasteiger partial charge in [0, 0.05) is 7.11 Å². The molecule has 1 N–H and O–H groups in total. The lowest BCUT2D eigenvalue weighted by molar-refractivity contribution is -0.0350. The van der Waals surface area contributed by atoms with E-state index in [1.807, 2.05) is 7.11 Å². The van der Waals surface area contributed by atoms with Crippen LogP contribution in [0.1, 0.15) is 79.6 Å². The highest BCUT2D eigenvalue weighted by Crippen LogP contribution is 2.58. The van der Waals surface area contributed by atoms with E-state index in [9.17, 15) is 5.11 Å².